The molecule has 1 aromatic heterocycles. The SMILES string of the molecule is C=CC(=O)Nc1cc(C(C)C)[nH]n1. The predicted molar refractivity (Wildman–Crippen MR) is 51.5 cm³/mol. The molecule has 0 saturated carbocycles. The molecule has 4 nitrogen and oxygen atoms in total. The second-order valence-corrected chi connectivity index (χ2v) is 3.06. The maximum atomic E-state index is 10.9. The van der Waals surface area contributed by atoms with Crippen molar-refractivity contribution < 1.29 is 4.79 Å². The number of rotatable bonds is 3. The molecule has 0 atom stereocenters. The van der Waals surface area contributed by atoms with Crippen LogP contribution in [0.3, 0.4) is 0 Å². The summed E-state index contributed by atoms with van der Waals surface area (Å²) in [4.78, 5) is 10.9. The first-order valence-electron chi connectivity index (χ1n) is 4.12. The van der Waals surface area contributed by atoms with Crippen LogP contribution in [-0.2, 0) is 4.79 Å². The average molecular weight is 179 g/mol. The first kappa shape index (κ1) is 9.51. The summed E-state index contributed by atoms with van der Waals surface area (Å²) in [7, 11) is 0. The summed E-state index contributed by atoms with van der Waals surface area (Å²) >= 11 is 0. The number of H-pyrrole nitrogens is 1. The van der Waals surface area contributed by atoms with Gasteiger partial charge in [-0.3, -0.25) is 9.89 Å². The Balaban J connectivity index is 2.69. The largest absolute Gasteiger partial charge is 0.306 e. The van der Waals surface area contributed by atoms with Crippen molar-refractivity contribution >= 4 is 11.7 Å². The maximum absolute atomic E-state index is 10.9. The lowest BCUT2D eigenvalue weighted by atomic mass is 10.1. The van der Waals surface area contributed by atoms with E-state index < -0.39 is 0 Å². The molecule has 0 spiro atoms. The van der Waals surface area contributed by atoms with E-state index in [1.165, 1.54) is 6.08 Å². The van der Waals surface area contributed by atoms with Crippen LogP contribution in [0.25, 0.3) is 0 Å². The van der Waals surface area contributed by atoms with E-state index in [0.29, 0.717) is 11.7 Å². The van der Waals surface area contributed by atoms with Crippen LogP contribution in [0, 0.1) is 0 Å². The fourth-order valence-corrected chi connectivity index (χ4v) is 0.874. The normalized spacial score (nSPS) is 10.1. The lowest BCUT2D eigenvalue weighted by Crippen LogP contribution is -2.07. The van der Waals surface area contributed by atoms with Crippen LogP contribution in [0.1, 0.15) is 25.5 Å². The van der Waals surface area contributed by atoms with Gasteiger partial charge in [0, 0.05) is 11.8 Å². The zero-order chi connectivity index (χ0) is 9.84. The highest BCUT2D eigenvalue weighted by atomic mass is 16.1. The molecule has 13 heavy (non-hydrogen) atoms. The van der Waals surface area contributed by atoms with Crippen molar-refractivity contribution in [3.05, 3.63) is 24.4 Å². The minimum atomic E-state index is -0.248. The van der Waals surface area contributed by atoms with Crippen molar-refractivity contribution in [3.8, 4) is 0 Å². The van der Waals surface area contributed by atoms with Gasteiger partial charge in [0.05, 0.1) is 0 Å². The van der Waals surface area contributed by atoms with Gasteiger partial charge < -0.3 is 5.32 Å². The fourth-order valence-electron chi connectivity index (χ4n) is 0.874. The summed E-state index contributed by atoms with van der Waals surface area (Å²) in [5.41, 5.74) is 0.999. The molecule has 2 N–H and O–H groups in total. The minimum absolute atomic E-state index is 0.248. The third-order valence-corrected chi connectivity index (χ3v) is 1.66. The zero-order valence-electron chi connectivity index (χ0n) is 7.79. The highest BCUT2D eigenvalue weighted by Crippen LogP contribution is 2.14. The van der Waals surface area contributed by atoms with Gasteiger partial charge >= 0.3 is 0 Å². The summed E-state index contributed by atoms with van der Waals surface area (Å²) in [6.45, 7) is 7.45. The molecular formula is C9H13N3O. The number of hydrogen-bond donors (Lipinski definition) is 2. The van der Waals surface area contributed by atoms with Crippen molar-refractivity contribution in [1.29, 1.82) is 0 Å². The number of aromatic nitrogens is 2. The van der Waals surface area contributed by atoms with Crippen LogP contribution >= 0.6 is 0 Å². The minimum Gasteiger partial charge on any atom is -0.306 e. The number of aromatic amines is 1. The van der Waals surface area contributed by atoms with Gasteiger partial charge in [-0.15, -0.1) is 0 Å². The molecule has 0 bridgehead atoms. The second-order valence-electron chi connectivity index (χ2n) is 3.06. The number of hydrogen-bond acceptors (Lipinski definition) is 2. The average Bonchev–Trinajstić information content (AvgIpc) is 2.52. The molecule has 4 heteroatoms. The van der Waals surface area contributed by atoms with Crippen molar-refractivity contribution in [2.24, 2.45) is 0 Å². The van der Waals surface area contributed by atoms with Crippen LogP contribution in [0.5, 0.6) is 0 Å². The first-order chi connectivity index (χ1) is 6.13. The van der Waals surface area contributed by atoms with Gasteiger partial charge in [-0.1, -0.05) is 20.4 Å². The van der Waals surface area contributed by atoms with E-state index in [0.717, 1.165) is 5.69 Å². The van der Waals surface area contributed by atoms with E-state index in [1.807, 2.05) is 19.9 Å². The first-order valence-corrected chi connectivity index (χ1v) is 4.12. The van der Waals surface area contributed by atoms with Crippen LogP contribution in [0.4, 0.5) is 5.82 Å². The van der Waals surface area contributed by atoms with Crippen LogP contribution < -0.4 is 5.32 Å². The lowest BCUT2D eigenvalue weighted by molar-refractivity contribution is -0.111. The third kappa shape index (κ3) is 2.43. The topological polar surface area (TPSA) is 57.8 Å². The predicted octanol–water partition coefficient (Wildman–Crippen LogP) is 1.66. The van der Waals surface area contributed by atoms with Crippen molar-refractivity contribution in [1.82, 2.24) is 10.2 Å². The summed E-state index contributed by atoms with van der Waals surface area (Å²) in [5, 5.41) is 9.32. The van der Waals surface area contributed by atoms with Crippen LogP contribution in [0.2, 0.25) is 0 Å². The lowest BCUT2D eigenvalue weighted by Gasteiger charge is -1.96. The Hall–Kier alpha value is -1.58. The van der Waals surface area contributed by atoms with Gasteiger partial charge in [0.2, 0.25) is 5.91 Å². The highest BCUT2D eigenvalue weighted by Gasteiger charge is 2.05. The fraction of sp³-hybridized carbons (Fsp3) is 0.333. The molecule has 1 heterocycles. The molecule has 0 aliphatic carbocycles. The Bertz CT molecular complexity index is 314. The molecule has 70 valence electrons. The summed E-state index contributed by atoms with van der Waals surface area (Å²) in [6.07, 6.45) is 1.21. The summed E-state index contributed by atoms with van der Waals surface area (Å²) in [5.74, 6) is 0.664. The van der Waals surface area contributed by atoms with Crippen molar-refractivity contribution in [3.63, 3.8) is 0 Å². The molecule has 0 unspecified atom stereocenters. The number of nitrogens with zero attached hydrogens (tertiary/aromatic N) is 1. The Labute approximate surface area is 77.0 Å². The van der Waals surface area contributed by atoms with E-state index in [-0.39, 0.29) is 5.91 Å². The van der Waals surface area contributed by atoms with Gasteiger partial charge in [0.1, 0.15) is 0 Å². The molecule has 1 amide bonds. The number of anilines is 1. The second kappa shape index (κ2) is 3.89. The van der Waals surface area contributed by atoms with E-state index in [2.05, 4.69) is 22.1 Å². The Morgan fingerprint density at radius 2 is 2.46 bits per heavy atom. The molecule has 0 aliphatic heterocycles. The zero-order valence-corrected chi connectivity index (χ0v) is 7.79. The molecule has 1 aromatic rings. The van der Waals surface area contributed by atoms with Gasteiger partial charge in [0.25, 0.3) is 0 Å². The summed E-state index contributed by atoms with van der Waals surface area (Å²) in [6, 6.07) is 1.81. The third-order valence-electron chi connectivity index (χ3n) is 1.66. The number of nitrogens with one attached hydrogen (secondary N) is 2. The van der Waals surface area contributed by atoms with Crippen molar-refractivity contribution in [2.75, 3.05) is 5.32 Å². The van der Waals surface area contributed by atoms with Crippen molar-refractivity contribution in [2.45, 2.75) is 19.8 Å². The molecule has 0 aliphatic rings. The maximum Gasteiger partial charge on any atom is 0.248 e. The van der Waals surface area contributed by atoms with Crippen LogP contribution in [-0.4, -0.2) is 16.1 Å². The molecular weight excluding hydrogens is 166 g/mol. The smallest absolute Gasteiger partial charge is 0.248 e. The Morgan fingerprint density at radius 1 is 1.77 bits per heavy atom. The Morgan fingerprint density at radius 3 is 2.92 bits per heavy atom. The molecule has 1 rings (SSSR count). The van der Waals surface area contributed by atoms with Gasteiger partial charge in [-0.2, -0.15) is 5.10 Å². The van der Waals surface area contributed by atoms with Gasteiger partial charge in [-0.25, -0.2) is 0 Å². The van der Waals surface area contributed by atoms with E-state index in [9.17, 15) is 4.79 Å². The van der Waals surface area contributed by atoms with Gasteiger partial charge in [0.15, 0.2) is 5.82 Å². The van der Waals surface area contributed by atoms with Crippen LogP contribution in [0.15, 0.2) is 18.7 Å². The quantitative estimate of drug-likeness (QED) is 0.693. The molecule has 0 radical (unpaired) electrons. The Kier molecular flexibility index (Phi) is 2.84. The molecule has 0 fully saturated rings. The number of carbonyl (C=O) groups is 1. The molecule has 0 aromatic carbocycles. The number of amides is 1. The highest BCUT2D eigenvalue weighted by molar-refractivity contribution is 5.98. The van der Waals surface area contributed by atoms with E-state index >= 15 is 0 Å². The standard InChI is InChI=1S/C9H13N3O/c1-4-9(13)10-8-5-7(6(2)3)11-12-8/h4-6H,1H2,2-3H3,(H2,10,11,12,13). The molecule has 0 saturated heterocycles. The number of carbonyl (C=O) groups excluding carboxylic acids is 1. The summed E-state index contributed by atoms with van der Waals surface area (Å²) < 4.78 is 0. The van der Waals surface area contributed by atoms with E-state index in [4.69, 9.17) is 0 Å². The van der Waals surface area contributed by atoms with E-state index in [1.54, 1.807) is 0 Å². The monoisotopic (exact) mass is 179 g/mol. The van der Waals surface area contributed by atoms with Gasteiger partial charge in [-0.05, 0) is 12.0 Å².